The van der Waals surface area contributed by atoms with Crippen LogP contribution >= 0.6 is 24.2 Å². The summed E-state index contributed by atoms with van der Waals surface area (Å²) in [5, 5.41) is 2.98. The first-order chi connectivity index (χ1) is 5.79. The Balaban J connectivity index is 0.000000845. The second-order valence-corrected chi connectivity index (χ2v) is 3.47. The van der Waals surface area contributed by atoms with Gasteiger partial charge in [-0.3, -0.25) is 0 Å². The summed E-state index contributed by atoms with van der Waals surface area (Å²) >= 11 is 10.2. The molecule has 2 aromatic rings. The molecule has 62 valence electrons. The molecule has 3 heteroatoms. The van der Waals surface area contributed by atoms with Crippen molar-refractivity contribution in [3.63, 3.8) is 0 Å². The van der Waals surface area contributed by atoms with Crippen LogP contribution in [-0.4, -0.2) is 0 Å². The molecular formula is C10H8ClLiS. The van der Waals surface area contributed by atoms with Crippen LogP contribution in [0.2, 0.25) is 5.02 Å². The first-order valence-electron chi connectivity index (χ1n) is 3.65. The summed E-state index contributed by atoms with van der Waals surface area (Å²) in [6.45, 7) is 0. The van der Waals surface area contributed by atoms with E-state index in [2.05, 4.69) is 12.6 Å². The Morgan fingerprint density at radius 1 is 1.08 bits per heavy atom. The normalized spacial score (nSPS) is 9.69. The molecule has 13 heavy (non-hydrogen) atoms. The van der Waals surface area contributed by atoms with Gasteiger partial charge in [0.15, 0.2) is 0 Å². The number of hydrogen-bond donors (Lipinski definition) is 1. The average Bonchev–Trinajstić information content (AvgIpc) is 2.12. The maximum atomic E-state index is 5.91. The molecular weight excluding hydrogens is 195 g/mol. The zero-order valence-corrected chi connectivity index (χ0v) is 8.94. The summed E-state index contributed by atoms with van der Waals surface area (Å²) in [6, 6.07) is 11.9. The number of hydrogen-bond acceptors (Lipinski definition) is 1. The van der Waals surface area contributed by atoms with E-state index < -0.39 is 0 Å². The van der Waals surface area contributed by atoms with Gasteiger partial charge in [0.05, 0.1) is 5.02 Å². The molecule has 2 aromatic carbocycles. The Kier molecular flexibility index (Phi) is 3.76. The van der Waals surface area contributed by atoms with Crippen LogP contribution in [0.25, 0.3) is 10.8 Å². The number of thiol groups is 1. The van der Waals surface area contributed by atoms with Crippen LogP contribution in [0.3, 0.4) is 0 Å². The molecule has 0 atom stereocenters. The number of benzene rings is 2. The Morgan fingerprint density at radius 2 is 1.77 bits per heavy atom. The van der Waals surface area contributed by atoms with E-state index in [-0.39, 0.29) is 20.3 Å². The van der Waals surface area contributed by atoms with E-state index in [4.69, 9.17) is 11.6 Å². The van der Waals surface area contributed by atoms with Gasteiger partial charge >= 0.3 is 18.9 Å². The first-order valence-corrected chi connectivity index (χ1v) is 4.48. The number of fused-ring (bicyclic) bond motifs is 1. The van der Waals surface area contributed by atoms with Crippen LogP contribution < -0.4 is 18.9 Å². The van der Waals surface area contributed by atoms with Gasteiger partial charge in [-0.1, -0.05) is 41.9 Å². The summed E-state index contributed by atoms with van der Waals surface area (Å²) in [4.78, 5) is 0.856. The van der Waals surface area contributed by atoms with Crippen molar-refractivity contribution in [2.45, 2.75) is 4.90 Å². The Hall–Kier alpha value is -0.0626. The van der Waals surface area contributed by atoms with E-state index in [1.54, 1.807) is 0 Å². The Bertz CT molecular complexity index is 433. The number of rotatable bonds is 0. The molecule has 0 aliphatic rings. The van der Waals surface area contributed by atoms with E-state index in [1.165, 1.54) is 5.39 Å². The fourth-order valence-corrected chi connectivity index (χ4v) is 1.67. The van der Waals surface area contributed by atoms with Crippen molar-refractivity contribution in [3.05, 3.63) is 41.4 Å². The van der Waals surface area contributed by atoms with Gasteiger partial charge in [0.25, 0.3) is 0 Å². The van der Waals surface area contributed by atoms with Crippen LogP contribution in [0.1, 0.15) is 1.43 Å². The molecule has 0 bridgehead atoms. The number of halogens is 1. The van der Waals surface area contributed by atoms with Crippen molar-refractivity contribution in [2.75, 3.05) is 0 Å². The van der Waals surface area contributed by atoms with Gasteiger partial charge in [0.1, 0.15) is 0 Å². The minimum Gasteiger partial charge on any atom is -1.00 e. The van der Waals surface area contributed by atoms with Crippen LogP contribution in [0.5, 0.6) is 0 Å². The molecule has 0 fully saturated rings. The maximum Gasteiger partial charge on any atom is 1.00 e. The van der Waals surface area contributed by atoms with Gasteiger partial charge in [-0.05, 0) is 16.8 Å². The zero-order chi connectivity index (χ0) is 8.55. The van der Waals surface area contributed by atoms with Crippen molar-refractivity contribution in [1.29, 1.82) is 0 Å². The van der Waals surface area contributed by atoms with Crippen molar-refractivity contribution >= 4 is 35.0 Å². The molecule has 0 nitrogen and oxygen atoms in total. The molecule has 0 aromatic heterocycles. The molecule has 0 amide bonds. The monoisotopic (exact) mass is 202 g/mol. The average molecular weight is 203 g/mol. The second-order valence-electron chi connectivity index (χ2n) is 2.62. The predicted molar refractivity (Wildman–Crippen MR) is 57.3 cm³/mol. The third-order valence-corrected chi connectivity index (χ3v) is 2.78. The van der Waals surface area contributed by atoms with Crippen molar-refractivity contribution in [3.8, 4) is 0 Å². The van der Waals surface area contributed by atoms with Crippen molar-refractivity contribution in [1.82, 2.24) is 0 Å². The molecule has 0 spiro atoms. The van der Waals surface area contributed by atoms with Gasteiger partial charge < -0.3 is 1.43 Å². The van der Waals surface area contributed by atoms with Gasteiger partial charge in [-0.15, -0.1) is 12.6 Å². The van der Waals surface area contributed by atoms with E-state index >= 15 is 0 Å². The second kappa shape index (κ2) is 4.44. The molecule has 0 heterocycles. The van der Waals surface area contributed by atoms with E-state index in [0.717, 1.165) is 10.3 Å². The fourth-order valence-electron chi connectivity index (χ4n) is 1.23. The summed E-state index contributed by atoms with van der Waals surface area (Å²) in [7, 11) is 0. The molecule has 0 aliphatic carbocycles. The minimum absolute atomic E-state index is 0. The Labute approximate surface area is 101 Å². The van der Waals surface area contributed by atoms with Crippen molar-refractivity contribution in [2.24, 2.45) is 0 Å². The first kappa shape index (κ1) is 11.0. The van der Waals surface area contributed by atoms with Gasteiger partial charge in [-0.25, -0.2) is 0 Å². The molecule has 0 unspecified atom stereocenters. The Morgan fingerprint density at radius 3 is 2.54 bits per heavy atom. The van der Waals surface area contributed by atoms with Gasteiger partial charge in [0.2, 0.25) is 0 Å². The van der Waals surface area contributed by atoms with Gasteiger partial charge in [-0.2, -0.15) is 0 Å². The topological polar surface area (TPSA) is 0 Å². The molecule has 0 saturated heterocycles. The van der Waals surface area contributed by atoms with E-state index in [0.29, 0.717) is 5.02 Å². The molecule has 2 rings (SSSR count). The minimum atomic E-state index is 0. The smallest absolute Gasteiger partial charge is 1.00 e. The molecule has 0 radical (unpaired) electrons. The van der Waals surface area contributed by atoms with E-state index in [9.17, 15) is 0 Å². The maximum absolute atomic E-state index is 5.91. The summed E-state index contributed by atoms with van der Waals surface area (Å²) in [5.74, 6) is 0. The van der Waals surface area contributed by atoms with Gasteiger partial charge in [0, 0.05) is 4.90 Å². The van der Waals surface area contributed by atoms with Crippen LogP contribution in [0.4, 0.5) is 0 Å². The molecule has 0 aliphatic heterocycles. The zero-order valence-electron chi connectivity index (χ0n) is 8.29. The van der Waals surface area contributed by atoms with Crippen LogP contribution in [0.15, 0.2) is 41.3 Å². The fraction of sp³-hybridized carbons (Fsp3) is 0. The largest absolute Gasteiger partial charge is 1.00 e. The standard InChI is InChI=1S/C10H7ClS.Li.H/c11-9-6-5-7-3-1-2-4-8(7)10(9)12;;/h1-6,12H;;/q;+1;-1. The summed E-state index contributed by atoms with van der Waals surface area (Å²) in [5.41, 5.74) is 0. The van der Waals surface area contributed by atoms with Crippen LogP contribution in [0, 0.1) is 0 Å². The third kappa shape index (κ3) is 2.06. The molecule has 0 N–H and O–H groups in total. The molecule has 0 saturated carbocycles. The summed E-state index contributed by atoms with van der Waals surface area (Å²) in [6.07, 6.45) is 0. The SMILES string of the molecule is Sc1c(Cl)ccc2ccccc12.[H-].[Li+]. The van der Waals surface area contributed by atoms with E-state index in [1.807, 2.05) is 36.4 Å². The quantitative estimate of drug-likeness (QED) is 0.476. The van der Waals surface area contributed by atoms with Crippen molar-refractivity contribution < 1.29 is 20.3 Å². The third-order valence-electron chi connectivity index (χ3n) is 1.85. The summed E-state index contributed by atoms with van der Waals surface area (Å²) < 4.78 is 0. The predicted octanol–water partition coefficient (Wildman–Crippen LogP) is 0.898. The van der Waals surface area contributed by atoms with Crippen LogP contribution in [-0.2, 0) is 0 Å².